The van der Waals surface area contributed by atoms with Gasteiger partial charge in [0.2, 0.25) is 10.0 Å². The second-order valence-electron chi connectivity index (χ2n) is 4.82. The lowest BCUT2D eigenvalue weighted by atomic mass is 10.2. The Balaban J connectivity index is 1.81. The predicted octanol–water partition coefficient (Wildman–Crippen LogP) is 1.26. The van der Waals surface area contributed by atoms with Crippen LogP contribution in [-0.2, 0) is 20.5 Å². The molecule has 1 aliphatic rings. The Kier molecular flexibility index (Phi) is 4.79. The molecule has 1 atom stereocenters. The molecule has 1 aromatic carbocycles. The van der Waals surface area contributed by atoms with Crippen molar-refractivity contribution in [3.63, 3.8) is 0 Å². The van der Waals surface area contributed by atoms with Crippen LogP contribution in [0.5, 0.6) is 0 Å². The Labute approximate surface area is 114 Å². The van der Waals surface area contributed by atoms with E-state index in [1.54, 1.807) is 24.3 Å². The zero-order chi connectivity index (χ0) is 13.7. The van der Waals surface area contributed by atoms with Gasteiger partial charge in [0.25, 0.3) is 0 Å². The predicted molar refractivity (Wildman–Crippen MR) is 75.1 cm³/mol. The van der Waals surface area contributed by atoms with Crippen LogP contribution >= 0.6 is 0 Å². The Bertz CT molecular complexity index is 510. The average Bonchev–Trinajstić information content (AvgIpc) is 2.81. The highest BCUT2D eigenvalue weighted by Crippen LogP contribution is 2.15. The molecule has 0 aliphatic carbocycles. The number of nitrogens with two attached hydrogens (primary N) is 1. The quantitative estimate of drug-likeness (QED) is 0.771. The van der Waals surface area contributed by atoms with Crippen LogP contribution in [0.25, 0.3) is 0 Å². The van der Waals surface area contributed by atoms with E-state index in [-0.39, 0.29) is 11.9 Å². The summed E-state index contributed by atoms with van der Waals surface area (Å²) in [5.41, 5.74) is 6.90. The summed E-state index contributed by atoms with van der Waals surface area (Å²) in [4.78, 5) is 0. The van der Waals surface area contributed by atoms with Crippen molar-refractivity contribution in [3.8, 4) is 0 Å². The highest BCUT2D eigenvalue weighted by Gasteiger charge is 2.17. The van der Waals surface area contributed by atoms with Crippen molar-refractivity contribution in [1.29, 1.82) is 0 Å². The van der Waals surface area contributed by atoms with Crippen LogP contribution in [-0.4, -0.2) is 27.7 Å². The molecule has 2 rings (SSSR count). The van der Waals surface area contributed by atoms with Gasteiger partial charge in [0.1, 0.15) is 0 Å². The third kappa shape index (κ3) is 4.81. The maximum atomic E-state index is 11.9. The summed E-state index contributed by atoms with van der Waals surface area (Å²) >= 11 is 0. The van der Waals surface area contributed by atoms with Gasteiger partial charge in [-0.25, -0.2) is 13.1 Å². The number of rotatable bonds is 6. The van der Waals surface area contributed by atoms with Crippen LogP contribution in [0.15, 0.2) is 24.3 Å². The van der Waals surface area contributed by atoms with E-state index in [0.717, 1.165) is 25.9 Å². The van der Waals surface area contributed by atoms with E-state index in [1.165, 1.54) is 0 Å². The molecule has 0 saturated carbocycles. The lowest BCUT2D eigenvalue weighted by Gasteiger charge is -2.10. The topological polar surface area (TPSA) is 81.4 Å². The number of hydrogen-bond acceptors (Lipinski definition) is 4. The van der Waals surface area contributed by atoms with Crippen LogP contribution in [0.2, 0.25) is 0 Å². The third-order valence-electron chi connectivity index (χ3n) is 3.12. The van der Waals surface area contributed by atoms with Gasteiger partial charge >= 0.3 is 0 Å². The van der Waals surface area contributed by atoms with Crippen LogP contribution < -0.4 is 10.5 Å². The summed E-state index contributed by atoms with van der Waals surface area (Å²) in [6.07, 6.45) is 3.03. The molecule has 19 heavy (non-hydrogen) atoms. The number of nitrogens with one attached hydrogen (secondary N) is 1. The van der Waals surface area contributed by atoms with Crippen molar-refractivity contribution in [2.45, 2.75) is 31.1 Å². The van der Waals surface area contributed by atoms with Crippen LogP contribution in [0.1, 0.15) is 24.8 Å². The molecule has 1 unspecified atom stereocenters. The Morgan fingerprint density at radius 1 is 1.42 bits per heavy atom. The normalized spacial score (nSPS) is 19.7. The van der Waals surface area contributed by atoms with Gasteiger partial charge in [-0.05, 0) is 37.0 Å². The SMILES string of the molecule is Nc1cccc(CS(=O)(=O)NCCC2CCCO2)c1. The van der Waals surface area contributed by atoms with Gasteiger partial charge in [0.05, 0.1) is 11.9 Å². The monoisotopic (exact) mass is 284 g/mol. The summed E-state index contributed by atoms with van der Waals surface area (Å²) < 4.78 is 31.8. The molecule has 5 nitrogen and oxygen atoms in total. The van der Waals surface area contributed by atoms with E-state index in [9.17, 15) is 8.42 Å². The van der Waals surface area contributed by atoms with Gasteiger partial charge < -0.3 is 10.5 Å². The van der Waals surface area contributed by atoms with Crippen LogP contribution in [0.3, 0.4) is 0 Å². The van der Waals surface area contributed by atoms with Crippen molar-refractivity contribution < 1.29 is 13.2 Å². The number of anilines is 1. The summed E-state index contributed by atoms with van der Waals surface area (Å²) in [6.45, 7) is 1.22. The fourth-order valence-electron chi connectivity index (χ4n) is 2.20. The van der Waals surface area contributed by atoms with E-state index in [4.69, 9.17) is 10.5 Å². The van der Waals surface area contributed by atoms with Gasteiger partial charge in [0, 0.05) is 18.8 Å². The number of sulfonamides is 1. The van der Waals surface area contributed by atoms with E-state index in [0.29, 0.717) is 17.8 Å². The Hall–Kier alpha value is -1.11. The van der Waals surface area contributed by atoms with Crippen molar-refractivity contribution in [2.75, 3.05) is 18.9 Å². The molecule has 106 valence electrons. The minimum Gasteiger partial charge on any atom is -0.399 e. The second-order valence-corrected chi connectivity index (χ2v) is 6.63. The zero-order valence-corrected chi connectivity index (χ0v) is 11.7. The molecule has 0 aromatic heterocycles. The molecule has 1 heterocycles. The van der Waals surface area contributed by atoms with E-state index < -0.39 is 10.0 Å². The van der Waals surface area contributed by atoms with Crippen molar-refractivity contribution in [2.24, 2.45) is 0 Å². The van der Waals surface area contributed by atoms with Crippen molar-refractivity contribution in [3.05, 3.63) is 29.8 Å². The summed E-state index contributed by atoms with van der Waals surface area (Å²) in [5, 5.41) is 0. The fraction of sp³-hybridized carbons (Fsp3) is 0.538. The standard InChI is InChI=1S/C13H20N2O3S/c14-12-4-1-3-11(9-12)10-19(16,17)15-7-6-13-5-2-8-18-13/h1,3-4,9,13,15H,2,5-8,10,14H2. The molecule has 1 aromatic rings. The van der Waals surface area contributed by atoms with Crippen LogP contribution in [0.4, 0.5) is 5.69 Å². The molecular weight excluding hydrogens is 264 g/mol. The van der Waals surface area contributed by atoms with Gasteiger partial charge in [-0.15, -0.1) is 0 Å². The molecule has 0 bridgehead atoms. The first-order chi connectivity index (χ1) is 9.05. The highest BCUT2D eigenvalue weighted by molar-refractivity contribution is 7.88. The summed E-state index contributed by atoms with van der Waals surface area (Å²) in [5.74, 6) is -0.0381. The molecule has 6 heteroatoms. The lowest BCUT2D eigenvalue weighted by Crippen LogP contribution is -2.28. The van der Waals surface area contributed by atoms with Gasteiger partial charge in [-0.1, -0.05) is 12.1 Å². The molecule has 0 amide bonds. The first kappa shape index (κ1) is 14.3. The maximum Gasteiger partial charge on any atom is 0.215 e. The molecule has 1 aliphatic heterocycles. The van der Waals surface area contributed by atoms with Gasteiger partial charge in [-0.2, -0.15) is 0 Å². The summed E-state index contributed by atoms with van der Waals surface area (Å²) in [7, 11) is -3.30. The smallest absolute Gasteiger partial charge is 0.215 e. The lowest BCUT2D eigenvalue weighted by molar-refractivity contribution is 0.105. The summed E-state index contributed by atoms with van der Waals surface area (Å²) in [6, 6.07) is 6.93. The molecule has 1 saturated heterocycles. The van der Waals surface area contributed by atoms with Gasteiger partial charge in [-0.3, -0.25) is 0 Å². The third-order valence-corrected chi connectivity index (χ3v) is 4.48. The molecule has 1 fully saturated rings. The molecular formula is C13H20N2O3S. The molecule has 0 spiro atoms. The van der Waals surface area contributed by atoms with E-state index >= 15 is 0 Å². The fourth-order valence-corrected chi connectivity index (χ4v) is 3.35. The Morgan fingerprint density at radius 3 is 2.95 bits per heavy atom. The van der Waals surface area contributed by atoms with Crippen molar-refractivity contribution in [1.82, 2.24) is 4.72 Å². The maximum absolute atomic E-state index is 11.9. The van der Waals surface area contributed by atoms with Gasteiger partial charge in [0.15, 0.2) is 0 Å². The van der Waals surface area contributed by atoms with Crippen molar-refractivity contribution >= 4 is 15.7 Å². The first-order valence-electron chi connectivity index (χ1n) is 6.48. The number of hydrogen-bond donors (Lipinski definition) is 2. The largest absolute Gasteiger partial charge is 0.399 e. The number of benzene rings is 1. The average molecular weight is 284 g/mol. The zero-order valence-electron chi connectivity index (χ0n) is 10.8. The minimum absolute atomic E-state index is 0.0381. The van der Waals surface area contributed by atoms with E-state index in [2.05, 4.69) is 4.72 Å². The van der Waals surface area contributed by atoms with Crippen LogP contribution in [0, 0.1) is 0 Å². The molecule has 3 N–H and O–H groups in total. The molecule has 0 radical (unpaired) electrons. The first-order valence-corrected chi connectivity index (χ1v) is 8.14. The minimum atomic E-state index is -3.30. The van der Waals surface area contributed by atoms with E-state index in [1.807, 2.05) is 0 Å². The number of ether oxygens (including phenoxy) is 1. The highest BCUT2D eigenvalue weighted by atomic mass is 32.2. The second kappa shape index (κ2) is 6.36. The number of nitrogen functional groups attached to an aromatic ring is 1. The Morgan fingerprint density at radius 2 is 2.26 bits per heavy atom.